The fraction of sp³-hybridized carbons (Fsp3) is 0.318. The summed E-state index contributed by atoms with van der Waals surface area (Å²) in [6.45, 7) is 8.49. The number of anilines is 1. The molecule has 4 N–H and O–H groups in total. The molecule has 2 rings (SSSR count). The lowest BCUT2D eigenvalue weighted by Gasteiger charge is -2.19. The lowest BCUT2D eigenvalue weighted by molar-refractivity contribution is -0.131. The van der Waals surface area contributed by atoms with Crippen molar-refractivity contribution in [1.29, 1.82) is 0 Å². The van der Waals surface area contributed by atoms with E-state index in [2.05, 4.69) is 37.6 Å². The van der Waals surface area contributed by atoms with Crippen molar-refractivity contribution < 1.29 is 22.7 Å². The minimum absolute atomic E-state index is 0.0651. The van der Waals surface area contributed by atoms with Crippen LogP contribution < -0.4 is 10.5 Å². The molecule has 0 heterocycles. The maximum atomic E-state index is 13.2. The molecule has 0 fully saturated rings. The van der Waals surface area contributed by atoms with E-state index in [4.69, 9.17) is 10.8 Å². The van der Waals surface area contributed by atoms with Crippen LogP contribution in [0.4, 0.5) is 10.1 Å². The summed E-state index contributed by atoms with van der Waals surface area (Å²) in [6.07, 6.45) is 2.19. The second-order valence-corrected chi connectivity index (χ2v) is 9.63. The molecule has 0 radical (unpaired) electrons. The van der Waals surface area contributed by atoms with E-state index in [1.54, 1.807) is 13.0 Å². The lowest BCUT2D eigenvalue weighted by atomic mass is 9.86. The Morgan fingerprint density at radius 1 is 1.17 bits per heavy atom. The van der Waals surface area contributed by atoms with Gasteiger partial charge in [-0.15, -0.1) is 0 Å². The van der Waals surface area contributed by atoms with Gasteiger partial charge >= 0.3 is 5.97 Å². The first kappa shape index (κ1) is 25.3. The lowest BCUT2D eigenvalue weighted by Crippen LogP contribution is -2.11. The highest BCUT2D eigenvalue weighted by Gasteiger charge is 2.13. The van der Waals surface area contributed by atoms with Gasteiger partial charge in [0.2, 0.25) is 10.0 Å². The minimum Gasteiger partial charge on any atom is -0.478 e. The Labute approximate surface area is 177 Å². The second-order valence-electron chi connectivity index (χ2n) is 7.89. The quantitative estimate of drug-likeness (QED) is 0.611. The van der Waals surface area contributed by atoms with Crippen LogP contribution in [0.5, 0.6) is 0 Å². The van der Waals surface area contributed by atoms with Crippen molar-refractivity contribution in [3.05, 3.63) is 71.0 Å². The van der Waals surface area contributed by atoms with Crippen molar-refractivity contribution in [2.24, 2.45) is 5.73 Å². The Morgan fingerprint density at radius 2 is 1.73 bits per heavy atom. The number of aliphatic carboxylic acids is 1. The molecule has 8 heteroatoms. The molecule has 0 bridgehead atoms. The fourth-order valence-corrected chi connectivity index (χ4v) is 3.03. The molecule has 0 aliphatic carbocycles. The van der Waals surface area contributed by atoms with Gasteiger partial charge in [0.25, 0.3) is 0 Å². The first-order chi connectivity index (χ1) is 13.7. The molecule has 30 heavy (non-hydrogen) atoms. The first-order valence-electron chi connectivity index (χ1n) is 9.21. The molecule has 2 aromatic carbocycles. The molecule has 0 saturated heterocycles. The predicted octanol–water partition coefficient (Wildman–Crippen LogP) is 4.13. The van der Waals surface area contributed by atoms with E-state index in [-0.39, 0.29) is 17.6 Å². The number of hydrogen-bond acceptors (Lipinski definition) is 4. The third-order valence-corrected chi connectivity index (χ3v) is 4.70. The highest BCUT2D eigenvalue weighted by Crippen LogP contribution is 2.24. The maximum Gasteiger partial charge on any atom is 0.328 e. The number of benzene rings is 2. The van der Waals surface area contributed by atoms with Crippen LogP contribution in [-0.4, -0.2) is 25.7 Å². The largest absolute Gasteiger partial charge is 0.478 e. The standard InChI is InChI=1S/C14H18O2.C8H11FN2O2S/c1-10(9-13(15)16)11-5-7-12(8-6-11)14(2,3)4;1-14(12,13)11-8-3-2-6(5-10)4-7(8)9/h5-9H,1-4H3,(H,15,16);2-4,11H,5,10H2,1H3. The average molecular weight is 437 g/mol. The van der Waals surface area contributed by atoms with E-state index in [9.17, 15) is 17.6 Å². The zero-order chi connectivity index (χ0) is 23.1. The van der Waals surface area contributed by atoms with Gasteiger partial charge in [0.1, 0.15) is 5.82 Å². The van der Waals surface area contributed by atoms with Crippen molar-refractivity contribution in [2.75, 3.05) is 11.0 Å². The van der Waals surface area contributed by atoms with Crippen LogP contribution in [0.1, 0.15) is 44.4 Å². The molecule has 0 aliphatic heterocycles. The van der Waals surface area contributed by atoms with Crippen molar-refractivity contribution in [1.82, 2.24) is 0 Å². The van der Waals surface area contributed by atoms with Gasteiger partial charge in [-0.05, 0) is 46.7 Å². The van der Waals surface area contributed by atoms with E-state index < -0.39 is 21.8 Å². The number of carbonyl (C=O) groups is 1. The summed E-state index contributed by atoms with van der Waals surface area (Å²) < 4.78 is 36.9. The average Bonchev–Trinajstić information content (AvgIpc) is 2.62. The van der Waals surface area contributed by atoms with Crippen LogP contribution in [0.3, 0.4) is 0 Å². The number of halogens is 1. The van der Waals surface area contributed by atoms with Crippen molar-refractivity contribution in [3.63, 3.8) is 0 Å². The first-order valence-corrected chi connectivity index (χ1v) is 11.1. The van der Waals surface area contributed by atoms with Crippen molar-refractivity contribution in [2.45, 2.75) is 39.7 Å². The summed E-state index contributed by atoms with van der Waals surface area (Å²) in [5.74, 6) is -1.53. The Bertz CT molecular complexity index is 1010. The summed E-state index contributed by atoms with van der Waals surface area (Å²) in [4.78, 5) is 10.5. The number of nitrogens with two attached hydrogens (primary N) is 1. The summed E-state index contributed by atoms with van der Waals surface area (Å²) in [7, 11) is -3.44. The van der Waals surface area contributed by atoms with Crippen LogP contribution in [0.15, 0.2) is 48.5 Å². The van der Waals surface area contributed by atoms with E-state index in [1.807, 2.05) is 12.1 Å². The van der Waals surface area contributed by atoms with Gasteiger partial charge in [0.05, 0.1) is 11.9 Å². The smallest absolute Gasteiger partial charge is 0.328 e. The van der Waals surface area contributed by atoms with Crippen molar-refractivity contribution >= 4 is 27.3 Å². The van der Waals surface area contributed by atoms with Gasteiger partial charge in [0.15, 0.2) is 0 Å². The zero-order valence-electron chi connectivity index (χ0n) is 17.9. The van der Waals surface area contributed by atoms with Gasteiger partial charge in [-0.25, -0.2) is 17.6 Å². The van der Waals surface area contributed by atoms with E-state index in [1.165, 1.54) is 23.8 Å². The molecule has 0 saturated carbocycles. The fourth-order valence-electron chi connectivity index (χ4n) is 2.47. The monoisotopic (exact) mass is 436 g/mol. The Morgan fingerprint density at radius 3 is 2.13 bits per heavy atom. The zero-order valence-corrected chi connectivity index (χ0v) is 18.7. The summed E-state index contributed by atoms with van der Waals surface area (Å²) in [6, 6.07) is 12.1. The molecule has 0 atom stereocenters. The molecule has 0 unspecified atom stereocenters. The molecular formula is C22H29FN2O4S. The van der Waals surface area contributed by atoms with Gasteiger partial charge in [0, 0.05) is 12.6 Å². The SMILES string of the molecule is CC(=CC(=O)O)c1ccc(C(C)(C)C)cc1.CS(=O)(=O)Nc1ccc(CN)cc1F. The number of hydrogen-bond donors (Lipinski definition) is 3. The van der Waals surface area contributed by atoms with Gasteiger partial charge in [-0.1, -0.05) is 51.1 Å². The molecular weight excluding hydrogens is 407 g/mol. The predicted molar refractivity (Wildman–Crippen MR) is 119 cm³/mol. The van der Waals surface area contributed by atoms with E-state index >= 15 is 0 Å². The van der Waals surface area contributed by atoms with Crippen LogP contribution >= 0.6 is 0 Å². The molecule has 0 aliphatic rings. The normalized spacial score (nSPS) is 12.0. The molecule has 0 spiro atoms. The van der Waals surface area contributed by atoms with Gasteiger partial charge in [-0.2, -0.15) is 0 Å². The number of rotatable bonds is 5. The summed E-state index contributed by atoms with van der Waals surface area (Å²) >= 11 is 0. The molecule has 2 aromatic rings. The molecule has 0 aromatic heterocycles. The number of nitrogens with one attached hydrogen (secondary N) is 1. The van der Waals surface area contributed by atoms with Gasteiger partial charge < -0.3 is 10.8 Å². The number of allylic oxidation sites excluding steroid dienone is 1. The Balaban J connectivity index is 0.000000303. The summed E-state index contributed by atoms with van der Waals surface area (Å²) in [5, 5.41) is 8.65. The van der Waals surface area contributed by atoms with Crippen LogP contribution in [0.25, 0.3) is 5.57 Å². The minimum atomic E-state index is -3.44. The third-order valence-electron chi connectivity index (χ3n) is 4.11. The molecule has 6 nitrogen and oxygen atoms in total. The molecule has 0 amide bonds. The Kier molecular flexibility index (Phi) is 8.74. The van der Waals surface area contributed by atoms with Crippen LogP contribution in [0, 0.1) is 5.82 Å². The maximum absolute atomic E-state index is 13.2. The third kappa shape index (κ3) is 8.75. The second kappa shape index (κ2) is 10.4. The number of sulfonamides is 1. The number of carboxylic acid groups (broad SMARTS) is 1. The van der Waals surface area contributed by atoms with Crippen LogP contribution in [0.2, 0.25) is 0 Å². The summed E-state index contributed by atoms with van der Waals surface area (Å²) in [5.41, 5.74) is 8.94. The highest BCUT2D eigenvalue weighted by atomic mass is 32.2. The van der Waals surface area contributed by atoms with E-state index in [0.29, 0.717) is 5.56 Å². The van der Waals surface area contributed by atoms with Gasteiger partial charge in [-0.3, -0.25) is 4.72 Å². The topological polar surface area (TPSA) is 109 Å². The van der Waals surface area contributed by atoms with Crippen molar-refractivity contribution in [3.8, 4) is 0 Å². The number of carboxylic acids is 1. The molecule has 164 valence electrons. The van der Waals surface area contributed by atoms with Crippen LogP contribution in [-0.2, 0) is 26.8 Å². The highest BCUT2D eigenvalue weighted by molar-refractivity contribution is 7.92. The Hall–Kier alpha value is -2.71. The van der Waals surface area contributed by atoms with E-state index in [0.717, 1.165) is 17.4 Å².